The minimum atomic E-state index is 0.176. The number of ketones is 1. The largest absolute Gasteiger partial charge is 0.294 e. The summed E-state index contributed by atoms with van der Waals surface area (Å²) in [6.45, 7) is 1.90. The van der Waals surface area contributed by atoms with Crippen LogP contribution in [0.25, 0.3) is 22.3 Å². The molecule has 0 bridgehead atoms. The molecule has 0 spiro atoms. The molecule has 22 heavy (non-hydrogen) atoms. The third kappa shape index (κ3) is 2.99. The van der Waals surface area contributed by atoms with Gasteiger partial charge in [0.15, 0.2) is 5.78 Å². The van der Waals surface area contributed by atoms with E-state index in [4.69, 9.17) is 0 Å². The van der Waals surface area contributed by atoms with Gasteiger partial charge in [0, 0.05) is 12.0 Å². The van der Waals surface area contributed by atoms with Crippen LogP contribution in [0.15, 0.2) is 78.9 Å². The van der Waals surface area contributed by atoms with Crippen molar-refractivity contribution in [3.05, 3.63) is 84.4 Å². The molecule has 0 heterocycles. The van der Waals surface area contributed by atoms with Crippen molar-refractivity contribution in [2.75, 3.05) is 0 Å². The Morgan fingerprint density at radius 1 is 0.682 bits per heavy atom. The maximum absolute atomic E-state index is 12.2. The van der Waals surface area contributed by atoms with Gasteiger partial charge in [-0.3, -0.25) is 4.79 Å². The molecule has 0 radical (unpaired) electrons. The van der Waals surface area contributed by atoms with E-state index in [-0.39, 0.29) is 5.78 Å². The number of hydrogen-bond donors (Lipinski definition) is 0. The summed E-state index contributed by atoms with van der Waals surface area (Å²) >= 11 is 0. The zero-order valence-electron chi connectivity index (χ0n) is 12.6. The van der Waals surface area contributed by atoms with Crippen LogP contribution in [-0.4, -0.2) is 5.78 Å². The fourth-order valence-electron chi connectivity index (χ4n) is 2.59. The SMILES string of the molecule is CCC(=O)c1cc(-c2ccccc2)cc(-c2ccccc2)c1. The van der Waals surface area contributed by atoms with Crippen LogP contribution in [0.5, 0.6) is 0 Å². The van der Waals surface area contributed by atoms with E-state index in [0.717, 1.165) is 27.8 Å². The van der Waals surface area contributed by atoms with Crippen LogP contribution in [0.3, 0.4) is 0 Å². The van der Waals surface area contributed by atoms with Gasteiger partial charge in [-0.25, -0.2) is 0 Å². The van der Waals surface area contributed by atoms with Gasteiger partial charge in [-0.1, -0.05) is 67.6 Å². The van der Waals surface area contributed by atoms with E-state index in [0.29, 0.717) is 6.42 Å². The Kier molecular flexibility index (Phi) is 4.15. The van der Waals surface area contributed by atoms with Crippen molar-refractivity contribution in [2.24, 2.45) is 0 Å². The maximum Gasteiger partial charge on any atom is 0.162 e. The molecule has 0 aliphatic carbocycles. The highest BCUT2D eigenvalue weighted by molar-refractivity contribution is 5.98. The number of carbonyl (C=O) groups excluding carboxylic acids is 1. The van der Waals surface area contributed by atoms with Crippen LogP contribution in [-0.2, 0) is 0 Å². The van der Waals surface area contributed by atoms with E-state index in [2.05, 4.69) is 30.3 Å². The Hall–Kier alpha value is -2.67. The molecular formula is C21H18O. The van der Waals surface area contributed by atoms with Gasteiger partial charge in [0.05, 0.1) is 0 Å². The van der Waals surface area contributed by atoms with E-state index in [1.54, 1.807) is 0 Å². The van der Waals surface area contributed by atoms with Crippen LogP contribution in [0, 0.1) is 0 Å². The normalized spacial score (nSPS) is 10.4. The van der Waals surface area contributed by atoms with Crippen molar-refractivity contribution in [2.45, 2.75) is 13.3 Å². The smallest absolute Gasteiger partial charge is 0.162 e. The van der Waals surface area contributed by atoms with Gasteiger partial charge < -0.3 is 0 Å². The molecule has 0 aliphatic heterocycles. The van der Waals surface area contributed by atoms with Crippen LogP contribution in [0.1, 0.15) is 23.7 Å². The molecule has 0 atom stereocenters. The molecule has 0 N–H and O–H groups in total. The van der Waals surface area contributed by atoms with E-state index < -0.39 is 0 Å². The molecule has 0 unspecified atom stereocenters. The van der Waals surface area contributed by atoms with Gasteiger partial charge in [-0.05, 0) is 40.5 Å². The Balaban J connectivity index is 2.17. The van der Waals surface area contributed by atoms with E-state index >= 15 is 0 Å². The van der Waals surface area contributed by atoms with Crippen molar-refractivity contribution in [3.8, 4) is 22.3 Å². The zero-order chi connectivity index (χ0) is 15.4. The lowest BCUT2D eigenvalue weighted by Gasteiger charge is -2.10. The summed E-state index contributed by atoms with van der Waals surface area (Å²) in [5.41, 5.74) is 5.20. The first-order valence-corrected chi connectivity index (χ1v) is 7.57. The number of benzene rings is 3. The second-order valence-electron chi connectivity index (χ2n) is 5.31. The topological polar surface area (TPSA) is 17.1 Å². The Morgan fingerprint density at radius 2 is 1.14 bits per heavy atom. The van der Waals surface area contributed by atoms with Gasteiger partial charge in [-0.2, -0.15) is 0 Å². The van der Waals surface area contributed by atoms with Gasteiger partial charge in [0.2, 0.25) is 0 Å². The van der Waals surface area contributed by atoms with Gasteiger partial charge in [0.1, 0.15) is 0 Å². The first-order valence-electron chi connectivity index (χ1n) is 7.57. The van der Waals surface area contributed by atoms with Gasteiger partial charge >= 0.3 is 0 Å². The first-order chi connectivity index (χ1) is 10.8. The minimum Gasteiger partial charge on any atom is -0.294 e. The predicted octanol–water partition coefficient (Wildman–Crippen LogP) is 5.61. The monoisotopic (exact) mass is 286 g/mol. The van der Waals surface area contributed by atoms with Gasteiger partial charge in [-0.15, -0.1) is 0 Å². The molecule has 0 fully saturated rings. The van der Waals surface area contributed by atoms with Crippen molar-refractivity contribution in [1.29, 1.82) is 0 Å². The standard InChI is InChI=1S/C21H18O/c1-2-21(22)20-14-18(16-9-5-3-6-10-16)13-19(15-20)17-11-7-4-8-12-17/h3-15H,2H2,1H3. The molecule has 0 aliphatic rings. The molecule has 1 heteroatoms. The Morgan fingerprint density at radius 3 is 1.55 bits per heavy atom. The quantitative estimate of drug-likeness (QED) is 0.569. The lowest BCUT2D eigenvalue weighted by atomic mass is 9.94. The highest BCUT2D eigenvalue weighted by atomic mass is 16.1. The minimum absolute atomic E-state index is 0.176. The summed E-state index contributed by atoms with van der Waals surface area (Å²) in [4.78, 5) is 12.2. The number of rotatable bonds is 4. The number of Topliss-reactive ketones (excluding diaryl/α,β-unsaturated/α-hetero) is 1. The van der Waals surface area contributed by atoms with Crippen LogP contribution < -0.4 is 0 Å². The molecule has 0 saturated heterocycles. The second kappa shape index (κ2) is 6.40. The molecule has 3 aromatic rings. The van der Waals surface area contributed by atoms with E-state index in [1.807, 2.05) is 55.5 Å². The van der Waals surface area contributed by atoms with Crippen molar-refractivity contribution in [1.82, 2.24) is 0 Å². The summed E-state index contributed by atoms with van der Waals surface area (Å²) in [5, 5.41) is 0. The average Bonchev–Trinajstić information content (AvgIpc) is 2.62. The Labute approximate surface area is 131 Å². The summed E-state index contributed by atoms with van der Waals surface area (Å²) in [6, 6.07) is 26.5. The lowest BCUT2D eigenvalue weighted by Crippen LogP contribution is -1.97. The highest BCUT2D eigenvalue weighted by Crippen LogP contribution is 2.28. The summed E-state index contributed by atoms with van der Waals surface area (Å²) in [7, 11) is 0. The van der Waals surface area contributed by atoms with E-state index in [1.165, 1.54) is 0 Å². The third-order valence-corrected chi connectivity index (χ3v) is 3.79. The summed E-state index contributed by atoms with van der Waals surface area (Å²) < 4.78 is 0. The third-order valence-electron chi connectivity index (χ3n) is 3.79. The predicted molar refractivity (Wildman–Crippen MR) is 91.9 cm³/mol. The lowest BCUT2D eigenvalue weighted by molar-refractivity contribution is 0.0988. The average molecular weight is 286 g/mol. The number of carbonyl (C=O) groups is 1. The summed E-state index contributed by atoms with van der Waals surface area (Å²) in [6.07, 6.45) is 0.520. The molecule has 3 rings (SSSR count). The first kappa shape index (κ1) is 14.3. The highest BCUT2D eigenvalue weighted by Gasteiger charge is 2.09. The van der Waals surface area contributed by atoms with Crippen molar-refractivity contribution in [3.63, 3.8) is 0 Å². The second-order valence-corrected chi connectivity index (χ2v) is 5.31. The zero-order valence-corrected chi connectivity index (χ0v) is 12.6. The Bertz CT molecular complexity index is 716. The molecule has 108 valence electrons. The van der Waals surface area contributed by atoms with E-state index in [9.17, 15) is 4.79 Å². The fourth-order valence-corrected chi connectivity index (χ4v) is 2.59. The number of hydrogen-bond acceptors (Lipinski definition) is 1. The van der Waals surface area contributed by atoms with Crippen LogP contribution >= 0.6 is 0 Å². The summed E-state index contributed by atoms with van der Waals surface area (Å²) in [5.74, 6) is 0.176. The maximum atomic E-state index is 12.2. The molecule has 0 saturated carbocycles. The molecule has 0 amide bonds. The van der Waals surface area contributed by atoms with Crippen molar-refractivity contribution >= 4 is 5.78 Å². The molecule has 0 aromatic heterocycles. The fraction of sp³-hybridized carbons (Fsp3) is 0.0952. The molecular weight excluding hydrogens is 268 g/mol. The van der Waals surface area contributed by atoms with Crippen LogP contribution in [0.2, 0.25) is 0 Å². The van der Waals surface area contributed by atoms with Crippen LogP contribution in [0.4, 0.5) is 0 Å². The molecule has 3 aromatic carbocycles. The van der Waals surface area contributed by atoms with Gasteiger partial charge in [0.25, 0.3) is 0 Å². The molecule has 1 nitrogen and oxygen atoms in total. The van der Waals surface area contributed by atoms with Crippen molar-refractivity contribution < 1.29 is 4.79 Å².